The van der Waals surface area contributed by atoms with Gasteiger partial charge in [0.25, 0.3) is 0 Å². The third-order valence-electron chi connectivity index (χ3n) is 1.84. The Morgan fingerprint density at radius 3 is 2.85 bits per heavy atom. The molecule has 0 unspecified atom stereocenters. The van der Waals surface area contributed by atoms with Crippen molar-refractivity contribution in [2.75, 3.05) is 23.9 Å². The topological polar surface area (TPSA) is 29.0 Å². The number of hydrogen-bond acceptors (Lipinski definition) is 3. The van der Waals surface area contributed by atoms with E-state index in [2.05, 4.69) is 22.0 Å². The smallest absolute Gasteiger partial charge is 0.151 e. The van der Waals surface area contributed by atoms with Gasteiger partial charge in [-0.3, -0.25) is 0 Å². The second-order valence-corrected chi connectivity index (χ2v) is 3.24. The van der Waals surface area contributed by atoms with E-state index in [9.17, 15) is 0 Å². The summed E-state index contributed by atoms with van der Waals surface area (Å²) in [5.41, 5.74) is 1.12. The zero-order chi connectivity index (χ0) is 9.68. The molecule has 13 heavy (non-hydrogen) atoms. The van der Waals surface area contributed by atoms with E-state index in [1.807, 2.05) is 13.0 Å². The number of halogens is 1. The molecule has 0 aliphatic heterocycles. The fourth-order valence-corrected chi connectivity index (χ4v) is 1.34. The number of aromatic nitrogens is 2. The lowest BCUT2D eigenvalue weighted by atomic mass is 10.3. The molecular weight excluding hydrogens is 186 g/mol. The highest BCUT2D eigenvalue weighted by Gasteiger charge is 2.04. The van der Waals surface area contributed by atoms with Gasteiger partial charge in [0, 0.05) is 19.0 Å². The summed E-state index contributed by atoms with van der Waals surface area (Å²) in [6, 6.07) is 2.02. The maximum Gasteiger partial charge on any atom is 0.151 e. The molecule has 0 atom stereocenters. The van der Waals surface area contributed by atoms with Gasteiger partial charge < -0.3 is 4.90 Å². The van der Waals surface area contributed by atoms with Crippen LogP contribution in [0.15, 0.2) is 12.3 Å². The second kappa shape index (κ2) is 5.02. The van der Waals surface area contributed by atoms with E-state index in [1.165, 1.54) is 0 Å². The summed E-state index contributed by atoms with van der Waals surface area (Å²) >= 11 is 5.67. The molecule has 0 spiro atoms. The Labute approximate surface area is 83.7 Å². The van der Waals surface area contributed by atoms with Crippen LogP contribution in [0.3, 0.4) is 0 Å². The zero-order valence-electron chi connectivity index (χ0n) is 8.00. The Balaban J connectivity index is 2.78. The molecule has 1 rings (SSSR count). The van der Waals surface area contributed by atoms with Gasteiger partial charge in [-0.25, -0.2) is 0 Å². The van der Waals surface area contributed by atoms with Crippen molar-refractivity contribution in [3.05, 3.63) is 17.8 Å². The first-order valence-corrected chi connectivity index (χ1v) is 4.91. The molecule has 0 bridgehead atoms. The van der Waals surface area contributed by atoms with Gasteiger partial charge in [-0.05, 0) is 25.5 Å². The first-order valence-electron chi connectivity index (χ1n) is 4.38. The second-order valence-electron chi connectivity index (χ2n) is 2.86. The molecule has 72 valence electrons. The maximum absolute atomic E-state index is 5.67. The molecule has 0 fully saturated rings. The Bertz CT molecular complexity index is 265. The summed E-state index contributed by atoms with van der Waals surface area (Å²) in [6.07, 6.45) is 1.75. The lowest BCUT2D eigenvalue weighted by molar-refractivity contribution is 0.824. The number of anilines is 1. The highest BCUT2D eigenvalue weighted by Crippen LogP contribution is 2.09. The molecule has 0 aliphatic carbocycles. The van der Waals surface area contributed by atoms with Crippen LogP contribution in [0.25, 0.3) is 0 Å². The Hall–Kier alpha value is -0.830. The summed E-state index contributed by atoms with van der Waals surface area (Å²) in [5, 5.41) is 7.95. The van der Waals surface area contributed by atoms with Crippen LogP contribution in [-0.4, -0.2) is 29.2 Å². The molecule has 0 amide bonds. The van der Waals surface area contributed by atoms with E-state index in [1.54, 1.807) is 6.20 Å². The molecule has 0 radical (unpaired) electrons. The molecule has 0 aliphatic rings. The van der Waals surface area contributed by atoms with Crippen LogP contribution in [-0.2, 0) is 0 Å². The fourth-order valence-electron chi connectivity index (χ4n) is 1.14. The van der Waals surface area contributed by atoms with Crippen molar-refractivity contribution in [2.24, 2.45) is 0 Å². The van der Waals surface area contributed by atoms with E-state index in [0.29, 0.717) is 5.88 Å². The van der Waals surface area contributed by atoms with Crippen molar-refractivity contribution in [1.29, 1.82) is 0 Å². The van der Waals surface area contributed by atoms with Crippen LogP contribution in [0.4, 0.5) is 5.82 Å². The highest BCUT2D eigenvalue weighted by atomic mass is 35.5. The maximum atomic E-state index is 5.67. The van der Waals surface area contributed by atoms with Gasteiger partial charge in [-0.15, -0.1) is 16.7 Å². The van der Waals surface area contributed by atoms with Crippen molar-refractivity contribution in [3.8, 4) is 0 Å². The van der Waals surface area contributed by atoms with Crippen molar-refractivity contribution in [1.82, 2.24) is 10.2 Å². The predicted molar refractivity (Wildman–Crippen MR) is 55.4 cm³/mol. The van der Waals surface area contributed by atoms with E-state index in [0.717, 1.165) is 24.5 Å². The van der Waals surface area contributed by atoms with Gasteiger partial charge in [-0.1, -0.05) is 0 Å². The predicted octanol–water partition coefficient (Wildman–Crippen LogP) is 1.85. The fraction of sp³-hybridized carbons (Fsp3) is 0.556. The molecule has 1 aromatic rings. The minimum atomic E-state index is 0.615. The molecule has 1 aromatic heterocycles. The molecule has 0 saturated heterocycles. The number of alkyl halides is 1. The lowest BCUT2D eigenvalue weighted by Crippen LogP contribution is -2.26. The normalized spacial score (nSPS) is 10.1. The van der Waals surface area contributed by atoms with Crippen LogP contribution in [0.5, 0.6) is 0 Å². The molecule has 3 nitrogen and oxygen atoms in total. The average molecular weight is 200 g/mol. The lowest BCUT2D eigenvalue weighted by Gasteiger charge is -2.19. The van der Waals surface area contributed by atoms with E-state index in [-0.39, 0.29) is 0 Å². The van der Waals surface area contributed by atoms with Crippen LogP contribution in [0.2, 0.25) is 0 Å². The standard InChI is InChI=1S/C9H14ClN3/c1-3-13(5-4-10)9-6-8(2)7-11-12-9/h6-7H,3-5H2,1-2H3. The van der Waals surface area contributed by atoms with Crippen molar-refractivity contribution >= 4 is 17.4 Å². The molecular formula is C9H14ClN3. The molecule has 0 aromatic carbocycles. The summed E-state index contributed by atoms with van der Waals surface area (Å²) in [6.45, 7) is 5.81. The quantitative estimate of drug-likeness (QED) is 0.694. The van der Waals surface area contributed by atoms with E-state index in [4.69, 9.17) is 11.6 Å². The van der Waals surface area contributed by atoms with Crippen LogP contribution >= 0.6 is 11.6 Å². The monoisotopic (exact) mass is 199 g/mol. The first-order chi connectivity index (χ1) is 6.27. The number of hydrogen-bond donors (Lipinski definition) is 0. The molecule has 0 N–H and O–H groups in total. The molecule has 1 heterocycles. The Kier molecular flexibility index (Phi) is 3.96. The Morgan fingerprint density at radius 1 is 1.54 bits per heavy atom. The third-order valence-corrected chi connectivity index (χ3v) is 2.01. The summed E-state index contributed by atoms with van der Waals surface area (Å²) in [4.78, 5) is 2.10. The van der Waals surface area contributed by atoms with Gasteiger partial charge in [0.2, 0.25) is 0 Å². The van der Waals surface area contributed by atoms with E-state index >= 15 is 0 Å². The largest absolute Gasteiger partial charge is 0.354 e. The van der Waals surface area contributed by atoms with Gasteiger partial charge in [0.05, 0.1) is 6.20 Å². The molecule has 4 heteroatoms. The van der Waals surface area contributed by atoms with Gasteiger partial charge in [0.15, 0.2) is 5.82 Å². The van der Waals surface area contributed by atoms with Gasteiger partial charge in [0.1, 0.15) is 0 Å². The highest BCUT2D eigenvalue weighted by molar-refractivity contribution is 6.18. The van der Waals surface area contributed by atoms with Crippen LogP contribution < -0.4 is 4.90 Å². The first kappa shape index (κ1) is 10.3. The molecule has 0 saturated carbocycles. The van der Waals surface area contributed by atoms with Crippen molar-refractivity contribution in [3.63, 3.8) is 0 Å². The number of aryl methyl sites for hydroxylation is 1. The van der Waals surface area contributed by atoms with Gasteiger partial charge in [-0.2, -0.15) is 5.10 Å². The Morgan fingerprint density at radius 2 is 2.31 bits per heavy atom. The van der Waals surface area contributed by atoms with E-state index < -0.39 is 0 Å². The van der Waals surface area contributed by atoms with Crippen molar-refractivity contribution in [2.45, 2.75) is 13.8 Å². The zero-order valence-corrected chi connectivity index (χ0v) is 8.75. The number of nitrogens with zero attached hydrogens (tertiary/aromatic N) is 3. The average Bonchev–Trinajstić information content (AvgIpc) is 2.14. The summed E-state index contributed by atoms with van der Waals surface area (Å²) < 4.78 is 0. The van der Waals surface area contributed by atoms with Crippen LogP contribution in [0, 0.1) is 6.92 Å². The van der Waals surface area contributed by atoms with Crippen LogP contribution in [0.1, 0.15) is 12.5 Å². The van der Waals surface area contributed by atoms with Gasteiger partial charge >= 0.3 is 0 Å². The van der Waals surface area contributed by atoms with Crippen molar-refractivity contribution < 1.29 is 0 Å². The minimum absolute atomic E-state index is 0.615. The summed E-state index contributed by atoms with van der Waals surface area (Å²) in [7, 11) is 0. The number of rotatable bonds is 4. The summed E-state index contributed by atoms with van der Waals surface area (Å²) in [5.74, 6) is 1.52. The third kappa shape index (κ3) is 2.84. The SMILES string of the molecule is CCN(CCCl)c1cc(C)cnn1. The minimum Gasteiger partial charge on any atom is -0.354 e.